The standard InChI is InChI=1S/C9H19N3S/c1-4-5-6-12-7-10(2)9(13)11(3)8-12/h4-8H2,1-3H3. The number of rotatable bonds is 3. The van der Waals surface area contributed by atoms with Gasteiger partial charge in [-0.3, -0.25) is 4.90 Å². The van der Waals surface area contributed by atoms with Crippen LogP contribution < -0.4 is 0 Å². The zero-order valence-corrected chi connectivity index (χ0v) is 9.60. The van der Waals surface area contributed by atoms with E-state index in [4.69, 9.17) is 12.2 Å². The highest BCUT2D eigenvalue weighted by Gasteiger charge is 2.20. The Morgan fingerprint density at radius 2 is 1.77 bits per heavy atom. The normalized spacial score (nSPS) is 19.8. The Labute approximate surface area is 86.3 Å². The van der Waals surface area contributed by atoms with Crippen molar-refractivity contribution in [2.75, 3.05) is 34.0 Å². The van der Waals surface area contributed by atoms with Crippen molar-refractivity contribution in [3.05, 3.63) is 0 Å². The summed E-state index contributed by atoms with van der Waals surface area (Å²) in [4.78, 5) is 6.66. The number of nitrogens with zero attached hydrogens (tertiary/aromatic N) is 3. The van der Waals surface area contributed by atoms with Crippen LogP contribution >= 0.6 is 12.2 Å². The molecule has 0 spiro atoms. The fourth-order valence-electron chi connectivity index (χ4n) is 1.58. The highest BCUT2D eigenvalue weighted by Crippen LogP contribution is 2.07. The molecule has 0 amide bonds. The third-order valence-corrected chi connectivity index (χ3v) is 2.93. The molecule has 3 nitrogen and oxygen atoms in total. The monoisotopic (exact) mass is 201 g/mol. The Hall–Kier alpha value is -0.350. The van der Waals surface area contributed by atoms with Gasteiger partial charge in [-0.1, -0.05) is 13.3 Å². The van der Waals surface area contributed by atoms with Crippen LogP contribution in [0.15, 0.2) is 0 Å². The van der Waals surface area contributed by atoms with E-state index in [2.05, 4.69) is 35.7 Å². The highest BCUT2D eigenvalue weighted by atomic mass is 32.1. The fourth-order valence-corrected chi connectivity index (χ4v) is 1.70. The van der Waals surface area contributed by atoms with Gasteiger partial charge in [-0.25, -0.2) is 0 Å². The van der Waals surface area contributed by atoms with E-state index in [1.54, 1.807) is 0 Å². The minimum Gasteiger partial charge on any atom is -0.339 e. The third-order valence-electron chi connectivity index (χ3n) is 2.31. The van der Waals surface area contributed by atoms with Crippen molar-refractivity contribution < 1.29 is 0 Å². The molecule has 1 aliphatic heterocycles. The largest absolute Gasteiger partial charge is 0.339 e. The van der Waals surface area contributed by atoms with Crippen molar-refractivity contribution in [2.24, 2.45) is 0 Å². The molecule has 0 atom stereocenters. The molecule has 0 unspecified atom stereocenters. The smallest absolute Gasteiger partial charge is 0.173 e. The van der Waals surface area contributed by atoms with E-state index in [1.165, 1.54) is 19.4 Å². The summed E-state index contributed by atoms with van der Waals surface area (Å²) >= 11 is 5.24. The van der Waals surface area contributed by atoms with Crippen LogP contribution in [-0.4, -0.2) is 53.8 Å². The van der Waals surface area contributed by atoms with Gasteiger partial charge < -0.3 is 9.80 Å². The van der Waals surface area contributed by atoms with Gasteiger partial charge in [-0.15, -0.1) is 0 Å². The summed E-state index contributed by atoms with van der Waals surface area (Å²) in [5, 5.41) is 0.952. The molecule has 1 aliphatic rings. The zero-order valence-electron chi connectivity index (χ0n) is 8.79. The van der Waals surface area contributed by atoms with Gasteiger partial charge in [-0.2, -0.15) is 0 Å². The molecule has 0 saturated carbocycles. The maximum Gasteiger partial charge on any atom is 0.173 e. The molecule has 1 fully saturated rings. The molecule has 1 saturated heterocycles. The van der Waals surface area contributed by atoms with Crippen LogP contribution in [0.1, 0.15) is 19.8 Å². The van der Waals surface area contributed by atoms with E-state index in [0.29, 0.717) is 0 Å². The predicted octanol–water partition coefficient (Wildman–Crippen LogP) is 1.17. The van der Waals surface area contributed by atoms with Crippen molar-refractivity contribution in [3.63, 3.8) is 0 Å². The van der Waals surface area contributed by atoms with E-state index >= 15 is 0 Å². The number of hydrogen-bond donors (Lipinski definition) is 0. The maximum absolute atomic E-state index is 5.24. The molecular weight excluding hydrogens is 182 g/mol. The van der Waals surface area contributed by atoms with E-state index in [-0.39, 0.29) is 0 Å². The SMILES string of the molecule is CCCCN1CN(C)C(=S)N(C)C1. The minimum absolute atomic E-state index is 0.952. The minimum atomic E-state index is 0.952. The highest BCUT2D eigenvalue weighted by molar-refractivity contribution is 7.80. The lowest BCUT2D eigenvalue weighted by molar-refractivity contribution is 0.107. The Morgan fingerprint density at radius 3 is 2.23 bits per heavy atom. The molecule has 4 heteroatoms. The van der Waals surface area contributed by atoms with Crippen LogP contribution in [0.25, 0.3) is 0 Å². The first-order valence-corrected chi connectivity index (χ1v) is 5.24. The average molecular weight is 201 g/mol. The summed E-state index contributed by atoms with van der Waals surface area (Å²) in [6.07, 6.45) is 2.53. The number of thiocarbonyl (C=S) groups is 1. The van der Waals surface area contributed by atoms with Crippen molar-refractivity contribution in [1.82, 2.24) is 14.7 Å². The first-order valence-electron chi connectivity index (χ1n) is 4.83. The van der Waals surface area contributed by atoms with E-state index in [1.807, 2.05) is 0 Å². The molecule has 76 valence electrons. The topological polar surface area (TPSA) is 9.72 Å². The molecule has 1 heterocycles. The first kappa shape index (κ1) is 10.7. The van der Waals surface area contributed by atoms with Gasteiger partial charge in [0, 0.05) is 20.6 Å². The Balaban J connectivity index is 2.39. The second-order valence-corrected chi connectivity index (χ2v) is 4.07. The lowest BCUT2D eigenvalue weighted by atomic mass is 10.3. The predicted molar refractivity (Wildman–Crippen MR) is 59.5 cm³/mol. The molecule has 0 bridgehead atoms. The molecule has 0 aromatic carbocycles. The third kappa shape index (κ3) is 2.81. The van der Waals surface area contributed by atoms with Crippen LogP contribution in [0.3, 0.4) is 0 Å². The summed E-state index contributed by atoms with van der Waals surface area (Å²) in [7, 11) is 4.11. The fraction of sp³-hybridized carbons (Fsp3) is 0.889. The van der Waals surface area contributed by atoms with E-state index < -0.39 is 0 Å². The van der Waals surface area contributed by atoms with Crippen molar-refractivity contribution in [1.29, 1.82) is 0 Å². The van der Waals surface area contributed by atoms with Crippen LogP contribution in [0, 0.1) is 0 Å². The van der Waals surface area contributed by atoms with Gasteiger partial charge in [0.2, 0.25) is 0 Å². The lowest BCUT2D eigenvalue weighted by Crippen LogP contribution is -2.55. The summed E-state index contributed by atoms with van der Waals surface area (Å²) in [6, 6.07) is 0. The second kappa shape index (κ2) is 4.77. The summed E-state index contributed by atoms with van der Waals surface area (Å²) in [5.74, 6) is 0. The number of unbranched alkanes of at least 4 members (excludes halogenated alkanes) is 1. The van der Waals surface area contributed by atoms with Crippen LogP contribution in [0.4, 0.5) is 0 Å². The first-order chi connectivity index (χ1) is 6.15. The van der Waals surface area contributed by atoms with Gasteiger partial charge in [0.15, 0.2) is 5.11 Å². The van der Waals surface area contributed by atoms with Crippen molar-refractivity contribution in [2.45, 2.75) is 19.8 Å². The van der Waals surface area contributed by atoms with E-state index in [0.717, 1.165) is 18.4 Å². The molecule has 0 aliphatic carbocycles. The maximum atomic E-state index is 5.24. The van der Waals surface area contributed by atoms with Crippen LogP contribution in [0.2, 0.25) is 0 Å². The number of hydrogen-bond acceptors (Lipinski definition) is 2. The molecule has 13 heavy (non-hydrogen) atoms. The van der Waals surface area contributed by atoms with Crippen molar-refractivity contribution in [3.8, 4) is 0 Å². The Bertz CT molecular complexity index is 170. The van der Waals surface area contributed by atoms with Gasteiger partial charge >= 0.3 is 0 Å². The van der Waals surface area contributed by atoms with Crippen LogP contribution in [0.5, 0.6) is 0 Å². The van der Waals surface area contributed by atoms with E-state index in [9.17, 15) is 0 Å². The molecule has 0 radical (unpaired) electrons. The Kier molecular flexibility index (Phi) is 3.93. The lowest BCUT2D eigenvalue weighted by Gasteiger charge is -2.41. The molecule has 1 rings (SSSR count). The average Bonchev–Trinajstić information content (AvgIpc) is 2.10. The Morgan fingerprint density at radius 1 is 1.23 bits per heavy atom. The van der Waals surface area contributed by atoms with Gasteiger partial charge in [0.25, 0.3) is 0 Å². The van der Waals surface area contributed by atoms with Gasteiger partial charge in [0.1, 0.15) is 0 Å². The molecular formula is C9H19N3S. The van der Waals surface area contributed by atoms with Crippen molar-refractivity contribution >= 4 is 17.3 Å². The second-order valence-electron chi connectivity index (χ2n) is 3.71. The van der Waals surface area contributed by atoms with Gasteiger partial charge in [-0.05, 0) is 18.6 Å². The van der Waals surface area contributed by atoms with Gasteiger partial charge in [0.05, 0.1) is 13.3 Å². The summed E-state index contributed by atoms with van der Waals surface area (Å²) < 4.78 is 0. The molecule has 0 aromatic rings. The summed E-state index contributed by atoms with van der Waals surface area (Å²) in [5.41, 5.74) is 0. The zero-order chi connectivity index (χ0) is 9.84. The molecule has 0 N–H and O–H groups in total. The quantitative estimate of drug-likeness (QED) is 0.634. The molecule has 0 aromatic heterocycles. The van der Waals surface area contributed by atoms with Crippen LogP contribution in [-0.2, 0) is 0 Å². The summed E-state index contributed by atoms with van der Waals surface area (Å²) in [6.45, 7) is 5.35.